The van der Waals surface area contributed by atoms with E-state index in [1.807, 2.05) is 23.7 Å². The minimum absolute atomic E-state index is 0.329. The van der Waals surface area contributed by atoms with Crippen molar-refractivity contribution in [3.05, 3.63) is 77.4 Å². The standard InChI is InChI=1S/C18H18N2S/c1-14(15-9-11-19-12-10-15)20-13-17-7-8-18(21-17)16-5-3-2-4-6-16/h2-12,14,20H,13H2,1H3. The van der Waals surface area contributed by atoms with E-state index in [2.05, 4.69) is 71.8 Å². The molecule has 21 heavy (non-hydrogen) atoms. The Labute approximate surface area is 129 Å². The van der Waals surface area contributed by atoms with Crippen LogP contribution in [0.15, 0.2) is 67.0 Å². The molecule has 0 aliphatic carbocycles. The van der Waals surface area contributed by atoms with Gasteiger partial charge in [-0.3, -0.25) is 4.98 Å². The highest BCUT2D eigenvalue weighted by molar-refractivity contribution is 7.15. The number of rotatable bonds is 5. The highest BCUT2D eigenvalue weighted by atomic mass is 32.1. The second kappa shape index (κ2) is 6.66. The fraction of sp³-hybridized carbons (Fsp3) is 0.167. The average Bonchev–Trinajstić information content (AvgIpc) is 3.03. The molecule has 2 heterocycles. The summed E-state index contributed by atoms with van der Waals surface area (Å²) in [4.78, 5) is 6.74. The third kappa shape index (κ3) is 3.57. The highest BCUT2D eigenvalue weighted by Gasteiger charge is 2.06. The van der Waals surface area contributed by atoms with Crippen molar-refractivity contribution in [1.82, 2.24) is 10.3 Å². The van der Waals surface area contributed by atoms with E-state index in [0.29, 0.717) is 6.04 Å². The van der Waals surface area contributed by atoms with Crippen LogP contribution in [0.25, 0.3) is 10.4 Å². The molecule has 0 spiro atoms. The molecule has 1 aromatic carbocycles. The lowest BCUT2D eigenvalue weighted by Crippen LogP contribution is -2.17. The van der Waals surface area contributed by atoms with Crippen LogP contribution in [0, 0.1) is 0 Å². The van der Waals surface area contributed by atoms with Crippen molar-refractivity contribution >= 4 is 11.3 Å². The number of benzene rings is 1. The smallest absolute Gasteiger partial charge is 0.0346 e. The van der Waals surface area contributed by atoms with Crippen molar-refractivity contribution in [3.63, 3.8) is 0 Å². The van der Waals surface area contributed by atoms with Crippen LogP contribution in [0.2, 0.25) is 0 Å². The molecule has 106 valence electrons. The second-order valence-electron chi connectivity index (χ2n) is 5.02. The maximum Gasteiger partial charge on any atom is 0.0346 e. The fourth-order valence-electron chi connectivity index (χ4n) is 2.25. The van der Waals surface area contributed by atoms with Gasteiger partial charge in [-0.1, -0.05) is 30.3 Å². The summed E-state index contributed by atoms with van der Waals surface area (Å²) < 4.78 is 0. The van der Waals surface area contributed by atoms with Crippen LogP contribution >= 0.6 is 11.3 Å². The molecule has 0 saturated carbocycles. The maximum absolute atomic E-state index is 4.06. The number of hydrogen-bond donors (Lipinski definition) is 1. The molecule has 3 rings (SSSR count). The van der Waals surface area contributed by atoms with Crippen molar-refractivity contribution in [2.45, 2.75) is 19.5 Å². The Balaban J connectivity index is 1.63. The van der Waals surface area contributed by atoms with Gasteiger partial charge in [-0.15, -0.1) is 11.3 Å². The number of nitrogens with one attached hydrogen (secondary N) is 1. The van der Waals surface area contributed by atoms with Crippen LogP contribution in [0.4, 0.5) is 0 Å². The Hall–Kier alpha value is -1.97. The largest absolute Gasteiger partial charge is 0.305 e. The van der Waals surface area contributed by atoms with E-state index in [4.69, 9.17) is 0 Å². The van der Waals surface area contributed by atoms with Gasteiger partial charge in [-0.25, -0.2) is 0 Å². The molecule has 0 amide bonds. The first kappa shape index (κ1) is 14.0. The van der Waals surface area contributed by atoms with E-state index in [1.54, 1.807) is 0 Å². The van der Waals surface area contributed by atoms with Crippen molar-refractivity contribution in [2.24, 2.45) is 0 Å². The summed E-state index contributed by atoms with van der Waals surface area (Å²) in [5.41, 5.74) is 2.56. The van der Waals surface area contributed by atoms with Crippen LogP contribution < -0.4 is 5.32 Å². The van der Waals surface area contributed by atoms with E-state index in [0.717, 1.165) is 6.54 Å². The maximum atomic E-state index is 4.06. The first-order chi connectivity index (χ1) is 10.3. The second-order valence-corrected chi connectivity index (χ2v) is 6.18. The van der Waals surface area contributed by atoms with Crippen LogP contribution in [0.1, 0.15) is 23.4 Å². The molecule has 2 aromatic heterocycles. The van der Waals surface area contributed by atoms with Crippen molar-refractivity contribution in [2.75, 3.05) is 0 Å². The zero-order valence-corrected chi connectivity index (χ0v) is 12.8. The predicted molar refractivity (Wildman–Crippen MR) is 89.2 cm³/mol. The van der Waals surface area contributed by atoms with Crippen LogP contribution in [-0.2, 0) is 6.54 Å². The lowest BCUT2D eigenvalue weighted by molar-refractivity contribution is 0.578. The summed E-state index contributed by atoms with van der Waals surface area (Å²) in [6, 6.07) is 19.4. The van der Waals surface area contributed by atoms with Crippen molar-refractivity contribution in [1.29, 1.82) is 0 Å². The number of pyridine rings is 1. The molecule has 1 unspecified atom stereocenters. The summed E-state index contributed by atoms with van der Waals surface area (Å²) in [6.45, 7) is 3.07. The molecule has 0 aliphatic rings. The Morgan fingerprint density at radius 2 is 1.76 bits per heavy atom. The molecule has 1 atom stereocenters. The Kier molecular flexibility index (Phi) is 4.43. The molecule has 0 bridgehead atoms. The number of thiophene rings is 1. The van der Waals surface area contributed by atoms with Crippen molar-refractivity contribution < 1.29 is 0 Å². The van der Waals surface area contributed by atoms with Gasteiger partial charge in [-0.2, -0.15) is 0 Å². The van der Waals surface area contributed by atoms with E-state index in [-0.39, 0.29) is 0 Å². The van der Waals surface area contributed by atoms with Crippen molar-refractivity contribution in [3.8, 4) is 10.4 Å². The fourth-order valence-corrected chi connectivity index (χ4v) is 3.22. The van der Waals surface area contributed by atoms with Gasteiger partial charge in [0.15, 0.2) is 0 Å². The van der Waals surface area contributed by atoms with Crippen LogP contribution in [-0.4, -0.2) is 4.98 Å². The Bertz CT molecular complexity index is 677. The Morgan fingerprint density at radius 3 is 2.52 bits per heavy atom. The molecule has 0 fully saturated rings. The van der Waals surface area contributed by atoms with Gasteiger partial charge in [0.2, 0.25) is 0 Å². The number of aromatic nitrogens is 1. The zero-order valence-electron chi connectivity index (χ0n) is 12.0. The average molecular weight is 294 g/mol. The van der Waals surface area contributed by atoms with E-state index in [1.165, 1.54) is 20.9 Å². The first-order valence-corrected chi connectivity index (χ1v) is 7.92. The molecular formula is C18H18N2S. The minimum Gasteiger partial charge on any atom is -0.305 e. The van der Waals surface area contributed by atoms with Gasteiger partial charge in [0, 0.05) is 34.7 Å². The molecule has 0 saturated heterocycles. The Morgan fingerprint density at radius 1 is 1.00 bits per heavy atom. The quantitative estimate of drug-likeness (QED) is 0.740. The van der Waals surface area contributed by atoms with Gasteiger partial charge in [-0.05, 0) is 42.3 Å². The minimum atomic E-state index is 0.329. The van der Waals surface area contributed by atoms with Gasteiger partial charge in [0.1, 0.15) is 0 Å². The highest BCUT2D eigenvalue weighted by Crippen LogP contribution is 2.28. The van der Waals surface area contributed by atoms with Gasteiger partial charge >= 0.3 is 0 Å². The normalized spacial score (nSPS) is 12.2. The number of nitrogens with zero attached hydrogens (tertiary/aromatic N) is 1. The summed E-state index contributed by atoms with van der Waals surface area (Å²) in [6.07, 6.45) is 3.68. The molecule has 0 aliphatic heterocycles. The third-order valence-electron chi connectivity index (χ3n) is 3.51. The third-order valence-corrected chi connectivity index (χ3v) is 4.64. The van der Waals surface area contributed by atoms with E-state index >= 15 is 0 Å². The monoisotopic (exact) mass is 294 g/mol. The summed E-state index contributed by atoms with van der Waals surface area (Å²) >= 11 is 1.85. The van der Waals surface area contributed by atoms with Gasteiger partial charge in [0.05, 0.1) is 0 Å². The molecule has 0 radical (unpaired) electrons. The summed E-state index contributed by atoms with van der Waals surface area (Å²) in [5, 5.41) is 3.56. The molecule has 3 aromatic rings. The lowest BCUT2D eigenvalue weighted by atomic mass is 10.1. The van der Waals surface area contributed by atoms with Gasteiger partial charge < -0.3 is 5.32 Å². The first-order valence-electron chi connectivity index (χ1n) is 7.10. The van der Waals surface area contributed by atoms with E-state index in [9.17, 15) is 0 Å². The molecule has 2 nitrogen and oxygen atoms in total. The van der Waals surface area contributed by atoms with Crippen LogP contribution in [0.3, 0.4) is 0 Å². The lowest BCUT2D eigenvalue weighted by Gasteiger charge is -2.12. The summed E-state index contributed by atoms with van der Waals surface area (Å²) in [5.74, 6) is 0. The van der Waals surface area contributed by atoms with Gasteiger partial charge in [0.25, 0.3) is 0 Å². The van der Waals surface area contributed by atoms with Crippen LogP contribution in [0.5, 0.6) is 0 Å². The molecular weight excluding hydrogens is 276 g/mol. The van der Waals surface area contributed by atoms with E-state index < -0.39 is 0 Å². The zero-order chi connectivity index (χ0) is 14.5. The molecule has 1 N–H and O–H groups in total. The summed E-state index contributed by atoms with van der Waals surface area (Å²) in [7, 11) is 0. The predicted octanol–water partition coefficient (Wildman–Crippen LogP) is 4.66. The SMILES string of the molecule is CC(NCc1ccc(-c2ccccc2)s1)c1ccncc1. The topological polar surface area (TPSA) is 24.9 Å². The number of hydrogen-bond acceptors (Lipinski definition) is 3. The molecule has 3 heteroatoms.